The van der Waals surface area contributed by atoms with Crippen molar-refractivity contribution in [3.8, 4) is 5.75 Å². The number of aromatic nitrogens is 1. The molecule has 1 aromatic heterocycles. The van der Waals surface area contributed by atoms with Gasteiger partial charge in [-0.25, -0.2) is 4.79 Å². The maximum atomic E-state index is 12.2. The molecule has 0 fully saturated rings. The van der Waals surface area contributed by atoms with Crippen LogP contribution < -0.4 is 4.74 Å². The summed E-state index contributed by atoms with van der Waals surface area (Å²) in [5, 5.41) is 1.000. The van der Waals surface area contributed by atoms with Gasteiger partial charge in [0.05, 0.1) is 0 Å². The van der Waals surface area contributed by atoms with Crippen LogP contribution in [0.25, 0.3) is 10.9 Å². The molecular weight excluding hydrogens is 250 g/mol. The second-order valence-electron chi connectivity index (χ2n) is 4.98. The van der Waals surface area contributed by atoms with E-state index in [2.05, 4.69) is 4.98 Å². The molecule has 100 valence electrons. The number of hydrogen-bond acceptors (Lipinski definition) is 2. The Morgan fingerprint density at radius 2 is 1.70 bits per heavy atom. The van der Waals surface area contributed by atoms with Crippen LogP contribution in [-0.4, -0.2) is 11.0 Å². The number of aromatic amines is 1. The van der Waals surface area contributed by atoms with E-state index >= 15 is 0 Å². The van der Waals surface area contributed by atoms with Gasteiger partial charge in [-0.1, -0.05) is 24.3 Å². The van der Waals surface area contributed by atoms with Crippen molar-refractivity contribution in [1.82, 2.24) is 4.98 Å². The van der Waals surface area contributed by atoms with Gasteiger partial charge >= 0.3 is 5.97 Å². The van der Waals surface area contributed by atoms with Crippen LogP contribution in [0.2, 0.25) is 0 Å². The largest absolute Gasteiger partial charge is 0.422 e. The third-order valence-corrected chi connectivity index (χ3v) is 3.16. The van der Waals surface area contributed by atoms with Crippen LogP contribution in [0.5, 0.6) is 5.75 Å². The number of para-hydroxylation sites is 1. The van der Waals surface area contributed by atoms with E-state index in [0.717, 1.165) is 22.0 Å². The second kappa shape index (κ2) is 4.85. The molecule has 0 amide bonds. The van der Waals surface area contributed by atoms with Crippen molar-refractivity contribution in [3.63, 3.8) is 0 Å². The SMILES string of the molecule is Cc1cc(C)cc(OC(=O)c2cc3ccccc3[nH]2)c1. The van der Waals surface area contributed by atoms with E-state index in [9.17, 15) is 4.79 Å². The lowest BCUT2D eigenvalue weighted by molar-refractivity contribution is 0.0729. The molecule has 3 nitrogen and oxygen atoms in total. The van der Waals surface area contributed by atoms with Gasteiger partial charge in [0.1, 0.15) is 11.4 Å². The Balaban J connectivity index is 1.88. The first-order chi connectivity index (χ1) is 9.61. The molecule has 0 saturated carbocycles. The number of nitrogens with one attached hydrogen (secondary N) is 1. The van der Waals surface area contributed by atoms with Crippen molar-refractivity contribution in [3.05, 3.63) is 65.4 Å². The van der Waals surface area contributed by atoms with Gasteiger partial charge in [-0.15, -0.1) is 0 Å². The van der Waals surface area contributed by atoms with Crippen molar-refractivity contribution in [2.45, 2.75) is 13.8 Å². The third-order valence-electron chi connectivity index (χ3n) is 3.16. The van der Waals surface area contributed by atoms with Crippen molar-refractivity contribution in [2.75, 3.05) is 0 Å². The lowest BCUT2D eigenvalue weighted by Gasteiger charge is -2.05. The number of H-pyrrole nitrogens is 1. The van der Waals surface area contributed by atoms with E-state index in [0.29, 0.717) is 11.4 Å². The van der Waals surface area contributed by atoms with Crippen LogP contribution in [0.3, 0.4) is 0 Å². The lowest BCUT2D eigenvalue weighted by Crippen LogP contribution is -2.09. The number of carbonyl (C=O) groups excluding carboxylic acids is 1. The highest BCUT2D eigenvalue weighted by molar-refractivity contribution is 5.95. The number of ether oxygens (including phenoxy) is 1. The summed E-state index contributed by atoms with van der Waals surface area (Å²) in [4.78, 5) is 15.2. The van der Waals surface area contributed by atoms with Gasteiger partial charge in [-0.3, -0.25) is 0 Å². The predicted octanol–water partition coefficient (Wildman–Crippen LogP) is 4.00. The van der Waals surface area contributed by atoms with Gasteiger partial charge < -0.3 is 9.72 Å². The summed E-state index contributed by atoms with van der Waals surface area (Å²) in [5.41, 5.74) is 3.54. The summed E-state index contributed by atoms with van der Waals surface area (Å²) in [6.07, 6.45) is 0. The topological polar surface area (TPSA) is 42.1 Å². The summed E-state index contributed by atoms with van der Waals surface area (Å²) in [6.45, 7) is 3.96. The first-order valence-electron chi connectivity index (χ1n) is 6.50. The Labute approximate surface area is 117 Å². The van der Waals surface area contributed by atoms with Crippen LogP contribution in [0.15, 0.2) is 48.5 Å². The van der Waals surface area contributed by atoms with Gasteiger partial charge in [-0.2, -0.15) is 0 Å². The molecular formula is C17H15NO2. The molecule has 0 radical (unpaired) electrons. The highest BCUT2D eigenvalue weighted by Crippen LogP contribution is 2.19. The minimum Gasteiger partial charge on any atom is -0.422 e. The summed E-state index contributed by atoms with van der Waals surface area (Å²) in [6, 6.07) is 15.3. The fourth-order valence-corrected chi connectivity index (χ4v) is 2.34. The maximum Gasteiger partial charge on any atom is 0.360 e. The molecule has 1 heterocycles. The number of benzene rings is 2. The number of carbonyl (C=O) groups is 1. The molecule has 0 atom stereocenters. The summed E-state index contributed by atoms with van der Waals surface area (Å²) < 4.78 is 5.42. The smallest absolute Gasteiger partial charge is 0.360 e. The van der Waals surface area contributed by atoms with Gasteiger partial charge in [0.2, 0.25) is 0 Å². The summed E-state index contributed by atoms with van der Waals surface area (Å²) in [7, 11) is 0. The highest BCUT2D eigenvalue weighted by atomic mass is 16.5. The Bertz CT molecular complexity index is 733. The molecule has 3 rings (SSSR count). The first-order valence-corrected chi connectivity index (χ1v) is 6.50. The van der Waals surface area contributed by atoms with E-state index in [1.54, 1.807) is 6.07 Å². The van der Waals surface area contributed by atoms with Crippen molar-refractivity contribution < 1.29 is 9.53 Å². The Morgan fingerprint density at radius 3 is 2.40 bits per heavy atom. The summed E-state index contributed by atoms with van der Waals surface area (Å²) in [5.74, 6) is 0.206. The standard InChI is InChI=1S/C17H15NO2/c1-11-7-12(2)9-14(8-11)20-17(19)16-10-13-5-3-4-6-15(13)18-16/h3-10,18H,1-2H3. The van der Waals surface area contributed by atoms with Crippen molar-refractivity contribution in [1.29, 1.82) is 0 Å². The van der Waals surface area contributed by atoms with Crippen LogP contribution in [-0.2, 0) is 0 Å². The molecule has 0 saturated heterocycles. The minimum absolute atomic E-state index is 0.369. The van der Waals surface area contributed by atoms with Crippen LogP contribution in [0.4, 0.5) is 0 Å². The van der Waals surface area contributed by atoms with Gasteiger partial charge in [-0.05, 0) is 49.2 Å². The monoisotopic (exact) mass is 265 g/mol. The molecule has 0 bridgehead atoms. The normalized spacial score (nSPS) is 10.7. The zero-order valence-electron chi connectivity index (χ0n) is 11.4. The molecule has 0 aliphatic rings. The number of rotatable bonds is 2. The number of fused-ring (bicyclic) bond motifs is 1. The maximum absolute atomic E-state index is 12.2. The van der Waals surface area contributed by atoms with Gasteiger partial charge in [0.25, 0.3) is 0 Å². The zero-order valence-corrected chi connectivity index (χ0v) is 11.4. The Morgan fingerprint density at radius 1 is 1.00 bits per heavy atom. The molecule has 0 spiro atoms. The zero-order chi connectivity index (χ0) is 14.1. The van der Waals surface area contributed by atoms with Crippen LogP contribution >= 0.6 is 0 Å². The first kappa shape index (κ1) is 12.5. The Kier molecular flexibility index (Phi) is 3.03. The molecule has 3 heteroatoms. The Hall–Kier alpha value is -2.55. The van der Waals surface area contributed by atoms with E-state index < -0.39 is 0 Å². The average molecular weight is 265 g/mol. The van der Waals surface area contributed by atoms with Gasteiger partial charge in [0.15, 0.2) is 0 Å². The fourth-order valence-electron chi connectivity index (χ4n) is 2.34. The van der Waals surface area contributed by atoms with Crippen molar-refractivity contribution >= 4 is 16.9 Å². The molecule has 20 heavy (non-hydrogen) atoms. The van der Waals surface area contributed by atoms with Crippen molar-refractivity contribution in [2.24, 2.45) is 0 Å². The molecule has 0 aliphatic heterocycles. The average Bonchev–Trinajstić information content (AvgIpc) is 2.81. The predicted molar refractivity (Wildman–Crippen MR) is 79.2 cm³/mol. The summed E-state index contributed by atoms with van der Waals surface area (Å²) >= 11 is 0. The van der Waals surface area contributed by atoms with Crippen LogP contribution in [0.1, 0.15) is 21.6 Å². The quantitative estimate of drug-likeness (QED) is 0.562. The molecule has 1 N–H and O–H groups in total. The molecule has 2 aromatic carbocycles. The highest BCUT2D eigenvalue weighted by Gasteiger charge is 2.12. The van der Waals surface area contributed by atoms with Crippen LogP contribution in [0, 0.1) is 13.8 Å². The fraction of sp³-hybridized carbons (Fsp3) is 0.118. The van der Waals surface area contributed by atoms with E-state index in [4.69, 9.17) is 4.74 Å². The van der Waals surface area contributed by atoms with E-state index in [1.807, 2.05) is 56.3 Å². The number of aryl methyl sites for hydroxylation is 2. The molecule has 0 aliphatic carbocycles. The number of esters is 1. The molecule has 0 unspecified atom stereocenters. The number of hydrogen-bond donors (Lipinski definition) is 1. The van der Waals surface area contributed by atoms with Gasteiger partial charge in [0, 0.05) is 10.9 Å². The molecule has 3 aromatic rings. The van der Waals surface area contributed by atoms with E-state index in [-0.39, 0.29) is 5.97 Å². The third kappa shape index (κ3) is 2.43. The lowest BCUT2D eigenvalue weighted by atomic mass is 10.1. The second-order valence-corrected chi connectivity index (χ2v) is 4.98. The minimum atomic E-state index is -0.369. The van der Waals surface area contributed by atoms with E-state index in [1.165, 1.54) is 0 Å².